The Morgan fingerprint density at radius 1 is 1.00 bits per heavy atom. The molecule has 4 rings (SSSR count). The zero-order valence-corrected chi connectivity index (χ0v) is 24.2. The number of aliphatic carboxylic acids is 1. The lowest BCUT2D eigenvalue weighted by Gasteiger charge is -2.26. The summed E-state index contributed by atoms with van der Waals surface area (Å²) in [4.78, 5) is 11.4. The van der Waals surface area contributed by atoms with Gasteiger partial charge in [0, 0.05) is 0 Å². The van der Waals surface area contributed by atoms with E-state index in [4.69, 9.17) is 4.74 Å². The highest BCUT2D eigenvalue weighted by Gasteiger charge is 2.33. The van der Waals surface area contributed by atoms with Crippen molar-refractivity contribution in [2.45, 2.75) is 91.3 Å². The Morgan fingerprint density at radius 2 is 1.74 bits per heavy atom. The van der Waals surface area contributed by atoms with Gasteiger partial charge in [-0.15, -0.1) is 0 Å². The van der Waals surface area contributed by atoms with Crippen LogP contribution in [0.2, 0.25) is 0 Å². The van der Waals surface area contributed by atoms with E-state index < -0.39 is 11.6 Å². The second-order valence-corrected chi connectivity index (χ2v) is 12.6. The Balaban J connectivity index is 1.59. The summed E-state index contributed by atoms with van der Waals surface area (Å²) >= 11 is 0. The molecule has 208 valence electrons. The monoisotopic (exact) mass is 528 g/mol. The summed E-state index contributed by atoms with van der Waals surface area (Å²) in [5.74, 6) is 0.550. The van der Waals surface area contributed by atoms with Crippen molar-refractivity contribution in [3.8, 4) is 16.9 Å². The first-order valence-electron chi connectivity index (χ1n) is 14.3. The number of carboxylic acids is 1. The topological polar surface area (TPSA) is 66.8 Å². The van der Waals surface area contributed by atoms with Gasteiger partial charge in [-0.25, -0.2) is 0 Å². The summed E-state index contributed by atoms with van der Waals surface area (Å²) in [5, 5.41) is 20.0. The molecule has 1 aliphatic rings. The van der Waals surface area contributed by atoms with E-state index in [0.29, 0.717) is 12.5 Å². The zero-order valence-electron chi connectivity index (χ0n) is 24.2. The van der Waals surface area contributed by atoms with Gasteiger partial charge in [0.2, 0.25) is 0 Å². The summed E-state index contributed by atoms with van der Waals surface area (Å²) < 4.78 is 6.25. The van der Waals surface area contributed by atoms with Crippen LogP contribution >= 0.6 is 0 Å². The Labute approximate surface area is 234 Å². The van der Waals surface area contributed by atoms with Crippen LogP contribution in [0.3, 0.4) is 0 Å². The maximum Gasteiger partial charge on any atom is 0.303 e. The van der Waals surface area contributed by atoms with Gasteiger partial charge in [-0.2, -0.15) is 0 Å². The predicted molar refractivity (Wildman–Crippen MR) is 158 cm³/mol. The van der Waals surface area contributed by atoms with Gasteiger partial charge >= 0.3 is 5.97 Å². The molecule has 1 atom stereocenters. The zero-order chi connectivity index (χ0) is 28.2. The molecule has 2 N–H and O–H groups in total. The summed E-state index contributed by atoms with van der Waals surface area (Å²) in [6.45, 7) is 11.0. The number of aliphatic hydroxyl groups is 1. The summed E-state index contributed by atoms with van der Waals surface area (Å²) in [5.41, 5.74) is 5.91. The van der Waals surface area contributed by atoms with Crippen LogP contribution in [0.25, 0.3) is 11.1 Å². The molecule has 4 nitrogen and oxygen atoms in total. The third kappa shape index (κ3) is 7.95. The molecule has 0 heterocycles. The molecule has 0 aromatic heterocycles. The van der Waals surface area contributed by atoms with E-state index in [1.807, 2.05) is 50.2 Å². The maximum absolute atomic E-state index is 11.4. The van der Waals surface area contributed by atoms with Crippen LogP contribution in [0.4, 0.5) is 0 Å². The molecule has 1 unspecified atom stereocenters. The normalized spacial score (nSPS) is 14.7. The molecule has 3 aromatic rings. The second kappa shape index (κ2) is 12.0. The Kier molecular flexibility index (Phi) is 8.86. The quantitative estimate of drug-likeness (QED) is 0.233. The van der Waals surface area contributed by atoms with E-state index in [0.717, 1.165) is 60.1 Å². The van der Waals surface area contributed by atoms with Crippen molar-refractivity contribution < 1.29 is 19.7 Å². The summed E-state index contributed by atoms with van der Waals surface area (Å²) in [6.07, 6.45) is 5.60. The third-order valence-electron chi connectivity index (χ3n) is 7.92. The molecule has 0 amide bonds. The van der Waals surface area contributed by atoms with Gasteiger partial charge in [-0.05, 0) is 108 Å². The number of rotatable bonds is 13. The maximum atomic E-state index is 11.4. The van der Waals surface area contributed by atoms with Gasteiger partial charge in [0.05, 0.1) is 12.0 Å². The molecule has 1 aliphatic carbocycles. The molecule has 1 saturated carbocycles. The van der Waals surface area contributed by atoms with Crippen LogP contribution in [-0.4, -0.2) is 16.2 Å². The van der Waals surface area contributed by atoms with Crippen molar-refractivity contribution in [1.29, 1.82) is 0 Å². The molecule has 0 bridgehead atoms. The van der Waals surface area contributed by atoms with Gasteiger partial charge in [-0.1, -0.05) is 75.7 Å². The van der Waals surface area contributed by atoms with Crippen molar-refractivity contribution in [3.63, 3.8) is 0 Å². The largest absolute Gasteiger partial charge is 0.489 e. The van der Waals surface area contributed by atoms with Gasteiger partial charge in [0.15, 0.2) is 0 Å². The van der Waals surface area contributed by atoms with Crippen molar-refractivity contribution >= 4 is 5.97 Å². The fourth-order valence-corrected chi connectivity index (χ4v) is 5.76. The van der Waals surface area contributed by atoms with Gasteiger partial charge in [0.25, 0.3) is 0 Å². The van der Waals surface area contributed by atoms with Crippen LogP contribution in [0, 0.1) is 11.3 Å². The molecule has 0 saturated heterocycles. The number of hydrogen-bond donors (Lipinski definition) is 2. The fraction of sp³-hybridized carbons (Fsp3) is 0.457. The molecule has 4 heteroatoms. The average Bonchev–Trinajstić information content (AvgIpc) is 3.71. The number of carbonyl (C=O) groups is 1. The lowest BCUT2D eigenvalue weighted by atomic mass is 9.79. The first-order valence-corrected chi connectivity index (χ1v) is 14.3. The molecular formula is C35H44O4. The number of benzene rings is 3. The third-order valence-corrected chi connectivity index (χ3v) is 7.92. The van der Waals surface area contributed by atoms with Gasteiger partial charge in [-0.3, -0.25) is 4.79 Å². The smallest absolute Gasteiger partial charge is 0.303 e. The van der Waals surface area contributed by atoms with Crippen molar-refractivity contribution in [1.82, 2.24) is 0 Å². The van der Waals surface area contributed by atoms with Crippen molar-refractivity contribution in [2.24, 2.45) is 11.3 Å². The predicted octanol–water partition coefficient (Wildman–Crippen LogP) is 8.50. The van der Waals surface area contributed by atoms with Gasteiger partial charge in [0.1, 0.15) is 12.4 Å². The summed E-state index contributed by atoms with van der Waals surface area (Å²) in [6, 6.07) is 22.8. The fourth-order valence-electron chi connectivity index (χ4n) is 5.76. The van der Waals surface area contributed by atoms with E-state index in [1.165, 1.54) is 11.1 Å². The lowest BCUT2D eigenvalue weighted by Crippen LogP contribution is -2.16. The number of carboxylic acid groups (broad SMARTS) is 1. The van der Waals surface area contributed by atoms with E-state index in [-0.39, 0.29) is 17.8 Å². The SMILES string of the molecule is CCCC(C)(C)Cc1cc(COc2cccc(C(CC(=O)O)C3CC3)c2)ccc1-c1cccc(C(C)(C)O)c1. The highest BCUT2D eigenvalue weighted by molar-refractivity contribution is 5.69. The van der Waals surface area contributed by atoms with Gasteiger partial charge < -0.3 is 14.9 Å². The van der Waals surface area contributed by atoms with Crippen LogP contribution in [0.15, 0.2) is 66.7 Å². The molecule has 1 fully saturated rings. The minimum absolute atomic E-state index is 0.0531. The van der Waals surface area contributed by atoms with Crippen molar-refractivity contribution in [2.75, 3.05) is 0 Å². The average molecular weight is 529 g/mol. The molecule has 0 spiro atoms. The molecule has 39 heavy (non-hydrogen) atoms. The first-order chi connectivity index (χ1) is 18.4. The minimum atomic E-state index is -0.900. The lowest BCUT2D eigenvalue weighted by molar-refractivity contribution is -0.137. The first kappa shape index (κ1) is 28.9. The summed E-state index contributed by atoms with van der Waals surface area (Å²) in [7, 11) is 0. The van der Waals surface area contributed by atoms with Crippen LogP contribution < -0.4 is 4.74 Å². The second-order valence-electron chi connectivity index (χ2n) is 12.6. The standard InChI is InChI=1S/C35H44O4/c1-6-17-34(2,3)22-28-18-24(13-16-31(28)26-9-7-11-29(19-26)35(4,5)38)23-39-30-12-8-10-27(20-30)32(21-33(36)37)25-14-15-25/h7-13,16,18-20,25,32,38H,6,14-15,17,21-23H2,1-5H3,(H,36,37). The minimum Gasteiger partial charge on any atom is -0.489 e. The Bertz CT molecular complexity index is 1280. The number of ether oxygens (including phenoxy) is 1. The molecule has 0 aliphatic heterocycles. The Morgan fingerprint density at radius 3 is 2.41 bits per heavy atom. The Hall–Kier alpha value is -3.11. The number of hydrogen-bond acceptors (Lipinski definition) is 3. The van der Waals surface area contributed by atoms with Crippen molar-refractivity contribution in [3.05, 3.63) is 89.0 Å². The highest BCUT2D eigenvalue weighted by Crippen LogP contribution is 2.45. The van der Waals surface area contributed by atoms with Crippen LogP contribution in [0.5, 0.6) is 5.75 Å². The van der Waals surface area contributed by atoms with E-state index in [1.54, 1.807) is 0 Å². The van der Waals surface area contributed by atoms with E-state index in [9.17, 15) is 15.0 Å². The molecular weight excluding hydrogens is 484 g/mol. The highest BCUT2D eigenvalue weighted by atomic mass is 16.5. The van der Waals surface area contributed by atoms with Crippen LogP contribution in [0.1, 0.15) is 94.9 Å². The van der Waals surface area contributed by atoms with Crippen LogP contribution in [-0.2, 0) is 23.4 Å². The molecule has 0 radical (unpaired) electrons. The van der Waals surface area contributed by atoms with E-state index in [2.05, 4.69) is 51.1 Å². The molecule has 3 aromatic carbocycles. The van der Waals surface area contributed by atoms with E-state index >= 15 is 0 Å².